The van der Waals surface area contributed by atoms with Crippen molar-refractivity contribution in [2.45, 2.75) is 64.3 Å². The Hall–Kier alpha value is -2.44. The summed E-state index contributed by atoms with van der Waals surface area (Å²) in [5.74, 6) is 4.02. The Balaban J connectivity index is 1.23. The average molecular weight is 409 g/mol. The Morgan fingerprint density at radius 3 is 2.50 bits per heavy atom. The van der Waals surface area contributed by atoms with Crippen LogP contribution in [0, 0.1) is 18.8 Å². The molecule has 0 bridgehead atoms. The molecule has 3 aliphatic rings. The molecule has 2 atom stereocenters. The predicted octanol–water partition coefficient (Wildman–Crippen LogP) is 3.37. The molecule has 1 saturated carbocycles. The molecule has 0 spiro atoms. The number of amides is 1. The van der Waals surface area contributed by atoms with E-state index in [4.69, 9.17) is 0 Å². The van der Waals surface area contributed by atoms with Crippen LogP contribution < -0.4 is 4.90 Å². The fraction of sp³-hybridized carbons (Fsp3) is 0.652. The van der Waals surface area contributed by atoms with Crippen molar-refractivity contribution in [1.82, 2.24) is 24.4 Å². The van der Waals surface area contributed by atoms with Crippen molar-refractivity contribution in [3.05, 3.63) is 30.6 Å². The highest BCUT2D eigenvalue weighted by Gasteiger charge is 2.38. The maximum absolute atomic E-state index is 13.4. The number of nitrogens with zero attached hydrogens (tertiary/aromatic N) is 6. The van der Waals surface area contributed by atoms with E-state index in [0.717, 1.165) is 55.9 Å². The van der Waals surface area contributed by atoms with Crippen LogP contribution in [0.3, 0.4) is 0 Å². The number of aryl methyl sites for hydroxylation is 1. The van der Waals surface area contributed by atoms with Crippen molar-refractivity contribution in [2.24, 2.45) is 11.8 Å². The highest BCUT2D eigenvalue weighted by atomic mass is 16.2. The molecule has 5 rings (SSSR count). The number of rotatable bonds is 3. The standard InChI is InChI=1S/C23H32N6O/c1-17-24-10-14-28(17)22-15-21(25-16-26-22)27-12-8-19(9-13-27)23(30)29-11-4-6-18-5-2-3-7-20(18)29/h10,14-16,18-20H,2-9,11-13H2,1H3. The molecule has 0 N–H and O–H groups in total. The van der Waals surface area contributed by atoms with E-state index in [1.807, 2.05) is 23.8 Å². The van der Waals surface area contributed by atoms with Gasteiger partial charge in [0.2, 0.25) is 5.91 Å². The summed E-state index contributed by atoms with van der Waals surface area (Å²) >= 11 is 0. The largest absolute Gasteiger partial charge is 0.356 e. The number of fused-ring (bicyclic) bond motifs is 1. The molecule has 2 saturated heterocycles. The Labute approximate surface area is 178 Å². The minimum absolute atomic E-state index is 0.166. The molecular weight excluding hydrogens is 376 g/mol. The first kappa shape index (κ1) is 19.5. The smallest absolute Gasteiger partial charge is 0.226 e. The number of imidazole rings is 1. The first-order valence-electron chi connectivity index (χ1n) is 11.6. The second kappa shape index (κ2) is 8.36. The summed E-state index contributed by atoms with van der Waals surface area (Å²) in [7, 11) is 0. The van der Waals surface area contributed by atoms with Crippen LogP contribution in [0.25, 0.3) is 5.82 Å². The first-order valence-corrected chi connectivity index (χ1v) is 11.6. The molecule has 2 unspecified atom stereocenters. The number of aromatic nitrogens is 4. The molecule has 0 aromatic carbocycles. The number of piperidine rings is 2. The Kier molecular flexibility index (Phi) is 5.44. The second-order valence-corrected chi connectivity index (χ2v) is 9.13. The third-order valence-corrected chi connectivity index (χ3v) is 7.41. The third-order valence-electron chi connectivity index (χ3n) is 7.41. The van der Waals surface area contributed by atoms with Crippen molar-refractivity contribution in [3.63, 3.8) is 0 Å². The van der Waals surface area contributed by atoms with Crippen molar-refractivity contribution in [1.29, 1.82) is 0 Å². The summed E-state index contributed by atoms with van der Waals surface area (Å²) in [6.07, 6.45) is 14.8. The van der Waals surface area contributed by atoms with Crippen LogP contribution in [0.2, 0.25) is 0 Å². The van der Waals surface area contributed by atoms with E-state index >= 15 is 0 Å². The Bertz CT molecular complexity index is 885. The summed E-state index contributed by atoms with van der Waals surface area (Å²) in [5, 5.41) is 0. The van der Waals surface area contributed by atoms with Crippen LogP contribution >= 0.6 is 0 Å². The minimum Gasteiger partial charge on any atom is -0.356 e. The monoisotopic (exact) mass is 408 g/mol. The summed E-state index contributed by atoms with van der Waals surface area (Å²) in [6.45, 7) is 4.69. The minimum atomic E-state index is 0.166. The molecular formula is C23H32N6O. The van der Waals surface area contributed by atoms with Crippen molar-refractivity contribution in [3.8, 4) is 5.82 Å². The van der Waals surface area contributed by atoms with Gasteiger partial charge in [-0.2, -0.15) is 0 Å². The normalized spacial score (nSPS) is 25.2. The molecule has 2 aromatic heterocycles. The van der Waals surface area contributed by atoms with Crippen molar-refractivity contribution < 1.29 is 4.79 Å². The van der Waals surface area contributed by atoms with Gasteiger partial charge in [0.25, 0.3) is 0 Å². The van der Waals surface area contributed by atoms with Crippen LogP contribution in [-0.4, -0.2) is 56.0 Å². The molecule has 4 heterocycles. The zero-order chi connectivity index (χ0) is 20.5. The average Bonchev–Trinajstić information content (AvgIpc) is 3.24. The van der Waals surface area contributed by atoms with Gasteiger partial charge in [-0.15, -0.1) is 0 Å². The molecule has 30 heavy (non-hydrogen) atoms. The molecule has 3 fully saturated rings. The van der Waals surface area contributed by atoms with Gasteiger partial charge in [-0.3, -0.25) is 9.36 Å². The van der Waals surface area contributed by atoms with Crippen LogP contribution in [0.1, 0.15) is 57.2 Å². The second-order valence-electron chi connectivity index (χ2n) is 9.13. The SMILES string of the molecule is Cc1nccn1-c1cc(N2CCC(C(=O)N3CCCC4CCCCC43)CC2)ncn1. The lowest BCUT2D eigenvalue weighted by atomic mass is 9.77. The van der Waals surface area contributed by atoms with E-state index in [0.29, 0.717) is 11.9 Å². The number of hydrogen-bond acceptors (Lipinski definition) is 5. The van der Waals surface area contributed by atoms with Crippen LogP contribution in [0.5, 0.6) is 0 Å². The molecule has 2 aromatic rings. The quantitative estimate of drug-likeness (QED) is 0.779. The van der Waals surface area contributed by atoms with Gasteiger partial charge in [0, 0.05) is 50.1 Å². The maximum Gasteiger partial charge on any atom is 0.226 e. The van der Waals surface area contributed by atoms with Crippen molar-refractivity contribution >= 4 is 11.7 Å². The number of likely N-dealkylation sites (tertiary alicyclic amines) is 1. The number of hydrogen-bond donors (Lipinski definition) is 0. The fourth-order valence-electron chi connectivity index (χ4n) is 5.75. The van der Waals surface area contributed by atoms with Gasteiger partial charge < -0.3 is 9.80 Å². The summed E-state index contributed by atoms with van der Waals surface area (Å²) in [5.41, 5.74) is 0. The van der Waals surface area contributed by atoms with Gasteiger partial charge in [-0.1, -0.05) is 12.8 Å². The van der Waals surface area contributed by atoms with Gasteiger partial charge in [0.1, 0.15) is 23.8 Å². The van der Waals surface area contributed by atoms with E-state index in [-0.39, 0.29) is 5.92 Å². The molecule has 160 valence electrons. The van der Waals surface area contributed by atoms with Crippen LogP contribution in [-0.2, 0) is 4.79 Å². The van der Waals surface area contributed by atoms with Crippen LogP contribution in [0.4, 0.5) is 5.82 Å². The summed E-state index contributed by atoms with van der Waals surface area (Å²) in [6, 6.07) is 2.54. The third kappa shape index (κ3) is 3.70. The molecule has 0 radical (unpaired) electrons. The van der Waals surface area contributed by atoms with E-state index in [1.54, 1.807) is 12.5 Å². The van der Waals surface area contributed by atoms with Crippen molar-refractivity contribution in [2.75, 3.05) is 24.5 Å². The molecule has 7 heteroatoms. The van der Waals surface area contributed by atoms with E-state index in [1.165, 1.54) is 38.5 Å². The Morgan fingerprint density at radius 2 is 1.70 bits per heavy atom. The van der Waals surface area contributed by atoms with E-state index < -0.39 is 0 Å². The zero-order valence-electron chi connectivity index (χ0n) is 17.9. The number of carbonyl (C=O) groups excluding carboxylic acids is 1. The van der Waals surface area contributed by atoms with Gasteiger partial charge >= 0.3 is 0 Å². The number of carbonyl (C=O) groups is 1. The predicted molar refractivity (Wildman–Crippen MR) is 116 cm³/mol. The topological polar surface area (TPSA) is 67.2 Å². The lowest BCUT2D eigenvalue weighted by Gasteiger charge is -2.46. The van der Waals surface area contributed by atoms with Gasteiger partial charge in [-0.25, -0.2) is 15.0 Å². The Morgan fingerprint density at radius 1 is 0.933 bits per heavy atom. The summed E-state index contributed by atoms with van der Waals surface area (Å²) < 4.78 is 1.97. The zero-order valence-corrected chi connectivity index (χ0v) is 17.9. The molecule has 1 aliphatic carbocycles. The fourth-order valence-corrected chi connectivity index (χ4v) is 5.75. The van der Waals surface area contributed by atoms with Gasteiger partial charge in [0.15, 0.2) is 0 Å². The van der Waals surface area contributed by atoms with Gasteiger partial charge in [0.05, 0.1) is 0 Å². The molecule has 1 amide bonds. The maximum atomic E-state index is 13.4. The molecule has 2 aliphatic heterocycles. The van der Waals surface area contributed by atoms with Crippen LogP contribution in [0.15, 0.2) is 24.8 Å². The molecule has 7 nitrogen and oxygen atoms in total. The van der Waals surface area contributed by atoms with E-state index in [9.17, 15) is 4.79 Å². The van der Waals surface area contributed by atoms with E-state index in [2.05, 4.69) is 24.8 Å². The lowest BCUT2D eigenvalue weighted by Crippen LogP contribution is -2.52. The highest BCUT2D eigenvalue weighted by Crippen LogP contribution is 2.37. The van der Waals surface area contributed by atoms with Gasteiger partial charge in [-0.05, 0) is 51.4 Å². The highest BCUT2D eigenvalue weighted by molar-refractivity contribution is 5.79. The summed E-state index contributed by atoms with van der Waals surface area (Å²) in [4.78, 5) is 31.1. The lowest BCUT2D eigenvalue weighted by molar-refractivity contribution is -0.142. The first-order chi connectivity index (χ1) is 14.7. The number of anilines is 1.